The molecule has 1 aliphatic carbocycles. The molecule has 212 valence electrons. The van der Waals surface area contributed by atoms with Crippen LogP contribution < -0.4 is 15.1 Å². The molecule has 4 atom stereocenters. The summed E-state index contributed by atoms with van der Waals surface area (Å²) < 4.78 is 5.63. The van der Waals surface area contributed by atoms with E-state index in [1.165, 1.54) is 0 Å². The standard InChI is InChI=1S/C31H40N6O3/c1-19-18-35(13-14-36(19)30(39)40-31(4,5)6)24-10-11-26-25(15-24)28(34-27-12-7-22(16-32)17-33-27)20(2)29(23-8-9-23)37(26)21(3)38/h7,10-12,15,17,19-20,23,28-29H,8-9,13-14,18H2,1-6H3,(H,33,34)/t19-,20+,28?,29+/m0/s1. The summed E-state index contributed by atoms with van der Waals surface area (Å²) in [7, 11) is 0. The predicted octanol–water partition coefficient (Wildman–Crippen LogP) is 5.33. The van der Waals surface area contributed by atoms with Crippen LogP contribution in [-0.2, 0) is 9.53 Å². The number of hydrogen-bond acceptors (Lipinski definition) is 7. The molecule has 9 heteroatoms. The Bertz CT molecular complexity index is 1310. The smallest absolute Gasteiger partial charge is 0.410 e. The number of ether oxygens (including phenoxy) is 1. The van der Waals surface area contributed by atoms with Gasteiger partial charge < -0.3 is 24.8 Å². The van der Waals surface area contributed by atoms with E-state index in [1.807, 2.05) is 31.7 Å². The average Bonchev–Trinajstić information content (AvgIpc) is 3.74. The normalized spacial score (nSPS) is 24.7. The molecule has 2 aliphatic heterocycles. The summed E-state index contributed by atoms with van der Waals surface area (Å²) in [6.07, 6.45) is 3.57. The van der Waals surface area contributed by atoms with E-state index in [9.17, 15) is 14.9 Å². The molecule has 1 saturated heterocycles. The zero-order valence-corrected chi connectivity index (χ0v) is 24.3. The Morgan fingerprint density at radius 2 is 1.88 bits per heavy atom. The average molecular weight is 545 g/mol. The molecule has 5 rings (SSSR count). The van der Waals surface area contributed by atoms with Crippen LogP contribution in [0.2, 0.25) is 0 Å². The van der Waals surface area contributed by atoms with E-state index in [0.29, 0.717) is 36.9 Å². The first-order chi connectivity index (χ1) is 19.0. The number of aromatic nitrogens is 1. The molecule has 2 fully saturated rings. The van der Waals surface area contributed by atoms with Crippen LogP contribution in [0.3, 0.4) is 0 Å². The molecule has 9 nitrogen and oxygen atoms in total. The third kappa shape index (κ3) is 5.58. The highest BCUT2D eigenvalue weighted by Gasteiger charge is 2.47. The van der Waals surface area contributed by atoms with E-state index >= 15 is 0 Å². The Balaban J connectivity index is 1.45. The number of carbonyl (C=O) groups is 2. The van der Waals surface area contributed by atoms with E-state index in [1.54, 1.807) is 24.1 Å². The van der Waals surface area contributed by atoms with Crippen LogP contribution in [0.5, 0.6) is 0 Å². The molecular formula is C31H40N6O3. The number of fused-ring (bicyclic) bond motifs is 1. The topological polar surface area (TPSA) is 102 Å². The number of nitriles is 1. The quantitative estimate of drug-likeness (QED) is 0.555. The first-order valence-corrected chi connectivity index (χ1v) is 14.3. The number of amides is 2. The van der Waals surface area contributed by atoms with Gasteiger partial charge >= 0.3 is 6.09 Å². The van der Waals surface area contributed by atoms with Gasteiger partial charge in [-0.2, -0.15) is 5.26 Å². The number of rotatable bonds is 4. The maximum atomic E-state index is 13.0. The Morgan fingerprint density at radius 3 is 2.45 bits per heavy atom. The van der Waals surface area contributed by atoms with Gasteiger partial charge in [0.05, 0.1) is 11.6 Å². The minimum Gasteiger partial charge on any atom is -0.444 e. The number of nitrogens with one attached hydrogen (secondary N) is 1. The fourth-order valence-electron chi connectivity index (χ4n) is 6.24. The van der Waals surface area contributed by atoms with Crippen molar-refractivity contribution in [1.29, 1.82) is 5.26 Å². The molecule has 1 N–H and O–H groups in total. The molecule has 1 aromatic heterocycles. The van der Waals surface area contributed by atoms with Gasteiger partial charge in [0.25, 0.3) is 0 Å². The summed E-state index contributed by atoms with van der Waals surface area (Å²) in [5.41, 5.74) is 3.05. The van der Waals surface area contributed by atoms with E-state index in [-0.39, 0.29) is 36.0 Å². The van der Waals surface area contributed by atoms with Crippen molar-refractivity contribution in [2.75, 3.05) is 34.8 Å². The summed E-state index contributed by atoms with van der Waals surface area (Å²) in [5, 5.41) is 12.8. The lowest BCUT2D eigenvalue weighted by Gasteiger charge is -2.46. The van der Waals surface area contributed by atoms with E-state index in [2.05, 4.69) is 53.3 Å². The molecule has 40 heavy (non-hydrogen) atoms. The fourth-order valence-corrected chi connectivity index (χ4v) is 6.24. The largest absolute Gasteiger partial charge is 0.444 e. The van der Waals surface area contributed by atoms with Gasteiger partial charge in [-0.1, -0.05) is 6.92 Å². The monoisotopic (exact) mass is 544 g/mol. The number of benzene rings is 1. The Hall–Kier alpha value is -3.80. The fraction of sp³-hybridized carbons (Fsp3) is 0.548. The third-order valence-corrected chi connectivity index (χ3v) is 8.23. The lowest BCUT2D eigenvalue weighted by molar-refractivity contribution is -0.117. The minimum absolute atomic E-state index is 0.0108. The maximum Gasteiger partial charge on any atom is 0.410 e. The van der Waals surface area contributed by atoms with Crippen LogP contribution >= 0.6 is 0 Å². The highest BCUT2D eigenvalue weighted by Crippen LogP contribution is 2.50. The van der Waals surface area contributed by atoms with Crippen molar-refractivity contribution in [1.82, 2.24) is 9.88 Å². The summed E-state index contributed by atoms with van der Waals surface area (Å²) in [5.74, 6) is 1.41. The summed E-state index contributed by atoms with van der Waals surface area (Å²) in [6.45, 7) is 13.5. The van der Waals surface area contributed by atoms with E-state index < -0.39 is 5.60 Å². The highest BCUT2D eigenvalue weighted by molar-refractivity contribution is 5.94. The van der Waals surface area contributed by atoms with Crippen molar-refractivity contribution < 1.29 is 14.3 Å². The van der Waals surface area contributed by atoms with Crippen molar-refractivity contribution in [2.24, 2.45) is 11.8 Å². The molecule has 1 aromatic carbocycles. The number of nitrogens with zero attached hydrogens (tertiary/aromatic N) is 5. The number of carbonyl (C=O) groups excluding carboxylic acids is 2. The first kappa shape index (κ1) is 27.8. The summed E-state index contributed by atoms with van der Waals surface area (Å²) in [4.78, 5) is 36.4. The van der Waals surface area contributed by atoms with E-state index in [0.717, 1.165) is 29.8 Å². The van der Waals surface area contributed by atoms with Crippen LogP contribution in [0.4, 0.5) is 22.0 Å². The lowest BCUT2D eigenvalue weighted by Crippen LogP contribution is -2.55. The Labute approximate surface area is 237 Å². The second-order valence-electron chi connectivity index (χ2n) is 12.5. The molecule has 3 aliphatic rings. The van der Waals surface area contributed by atoms with Crippen molar-refractivity contribution in [3.63, 3.8) is 0 Å². The van der Waals surface area contributed by atoms with Gasteiger partial charge in [0, 0.05) is 67.7 Å². The molecule has 0 radical (unpaired) electrons. The van der Waals surface area contributed by atoms with Crippen LogP contribution in [-0.4, -0.2) is 59.2 Å². The SMILES string of the molecule is CC(=O)N1c2ccc(N3CCN(C(=O)OC(C)(C)C)[C@@H](C)C3)cc2C(Nc2ccc(C#N)cn2)[C@@H](C)[C@@H]1C1CC1. The predicted molar refractivity (Wildman–Crippen MR) is 155 cm³/mol. The van der Waals surface area contributed by atoms with Crippen molar-refractivity contribution in [3.05, 3.63) is 47.7 Å². The minimum atomic E-state index is -0.532. The zero-order chi connectivity index (χ0) is 28.8. The van der Waals surface area contributed by atoms with Gasteiger partial charge in [-0.3, -0.25) is 4.79 Å². The molecule has 1 unspecified atom stereocenters. The second kappa shape index (κ2) is 10.6. The number of pyridine rings is 1. The van der Waals surface area contributed by atoms with Gasteiger partial charge in [-0.15, -0.1) is 0 Å². The second-order valence-corrected chi connectivity index (χ2v) is 12.5. The van der Waals surface area contributed by atoms with Crippen LogP contribution in [0, 0.1) is 23.2 Å². The number of hydrogen-bond donors (Lipinski definition) is 1. The van der Waals surface area contributed by atoms with Crippen molar-refractivity contribution >= 4 is 29.2 Å². The number of anilines is 3. The molecule has 2 aromatic rings. The summed E-state index contributed by atoms with van der Waals surface area (Å²) >= 11 is 0. The van der Waals surface area contributed by atoms with Gasteiger partial charge in [-0.05, 0) is 76.8 Å². The molecule has 0 bridgehead atoms. The maximum absolute atomic E-state index is 13.0. The Kier molecular flexibility index (Phi) is 7.38. The Morgan fingerprint density at radius 1 is 1.12 bits per heavy atom. The molecule has 2 amide bonds. The molecule has 0 spiro atoms. The van der Waals surface area contributed by atoms with Gasteiger partial charge in [0.1, 0.15) is 17.5 Å². The van der Waals surface area contributed by atoms with Gasteiger partial charge in [-0.25, -0.2) is 9.78 Å². The lowest BCUT2D eigenvalue weighted by atomic mass is 9.79. The van der Waals surface area contributed by atoms with Crippen molar-refractivity contribution in [3.8, 4) is 6.07 Å². The van der Waals surface area contributed by atoms with Crippen LogP contribution in [0.1, 0.15) is 71.6 Å². The van der Waals surface area contributed by atoms with Gasteiger partial charge in [0.15, 0.2) is 0 Å². The molecular weight excluding hydrogens is 504 g/mol. The molecule has 3 heterocycles. The molecule has 1 saturated carbocycles. The number of piperazine rings is 1. The summed E-state index contributed by atoms with van der Waals surface area (Å²) in [6, 6.07) is 12.2. The van der Waals surface area contributed by atoms with Gasteiger partial charge in [0.2, 0.25) is 5.91 Å². The zero-order valence-electron chi connectivity index (χ0n) is 24.3. The van der Waals surface area contributed by atoms with Crippen LogP contribution in [0.15, 0.2) is 36.5 Å². The third-order valence-electron chi connectivity index (χ3n) is 8.23. The van der Waals surface area contributed by atoms with Crippen LogP contribution in [0.25, 0.3) is 0 Å². The van der Waals surface area contributed by atoms with E-state index in [4.69, 9.17) is 4.74 Å². The first-order valence-electron chi connectivity index (χ1n) is 14.3. The van der Waals surface area contributed by atoms with Crippen molar-refractivity contribution in [2.45, 2.75) is 78.1 Å². The highest BCUT2D eigenvalue weighted by atomic mass is 16.6.